The molecule has 0 saturated carbocycles. The number of hydrogen-bond donors (Lipinski definition) is 1. The zero-order valence-corrected chi connectivity index (χ0v) is 16.8. The van der Waals surface area contributed by atoms with Gasteiger partial charge in [0, 0.05) is 5.69 Å². The van der Waals surface area contributed by atoms with E-state index in [1.807, 2.05) is 24.3 Å². The predicted octanol–water partition coefficient (Wildman–Crippen LogP) is 4.30. The van der Waals surface area contributed by atoms with Gasteiger partial charge in [-0.2, -0.15) is 5.26 Å². The number of methoxy groups -OCH3 is 1. The van der Waals surface area contributed by atoms with E-state index in [1.165, 1.54) is 18.7 Å². The van der Waals surface area contributed by atoms with E-state index >= 15 is 0 Å². The molecule has 2 aromatic rings. The first kappa shape index (κ1) is 21.7. The molecule has 0 bridgehead atoms. The number of rotatable bonds is 8. The predicted molar refractivity (Wildman–Crippen MR) is 111 cm³/mol. The summed E-state index contributed by atoms with van der Waals surface area (Å²) >= 11 is 0. The molecule has 0 aromatic heterocycles. The molecule has 6 nitrogen and oxygen atoms in total. The van der Waals surface area contributed by atoms with Crippen LogP contribution in [0.15, 0.2) is 54.1 Å². The van der Waals surface area contributed by atoms with Gasteiger partial charge in [-0.1, -0.05) is 38.1 Å². The normalized spacial score (nSPS) is 11.9. The molecule has 2 rings (SSSR count). The average molecular weight is 392 g/mol. The monoisotopic (exact) mass is 392 g/mol. The van der Waals surface area contributed by atoms with E-state index in [0.717, 1.165) is 6.42 Å². The summed E-state index contributed by atoms with van der Waals surface area (Å²) < 4.78 is 10.1. The summed E-state index contributed by atoms with van der Waals surface area (Å²) in [5, 5.41) is 11.9. The number of esters is 1. The molecule has 0 unspecified atom stereocenters. The summed E-state index contributed by atoms with van der Waals surface area (Å²) in [7, 11) is 1.53. The van der Waals surface area contributed by atoms with E-state index in [9.17, 15) is 14.9 Å². The lowest BCUT2D eigenvalue weighted by atomic mass is 9.99. The highest BCUT2D eigenvalue weighted by atomic mass is 16.5. The molecule has 0 heterocycles. The van der Waals surface area contributed by atoms with Gasteiger partial charge in [-0.05, 0) is 53.8 Å². The van der Waals surface area contributed by atoms with Gasteiger partial charge in [-0.25, -0.2) is 4.79 Å². The summed E-state index contributed by atoms with van der Waals surface area (Å²) in [6, 6.07) is 16.2. The van der Waals surface area contributed by atoms with Crippen LogP contribution in [0.5, 0.6) is 5.75 Å². The Bertz CT molecular complexity index is 927. The second-order valence-electron chi connectivity index (χ2n) is 6.50. The second kappa shape index (κ2) is 10.7. The molecule has 0 aliphatic rings. The van der Waals surface area contributed by atoms with E-state index in [4.69, 9.17) is 9.47 Å². The average Bonchev–Trinajstić information content (AvgIpc) is 2.75. The Hall–Kier alpha value is -3.59. The summed E-state index contributed by atoms with van der Waals surface area (Å²) in [5.74, 6) is -0.296. The van der Waals surface area contributed by atoms with E-state index in [0.29, 0.717) is 22.9 Å². The lowest BCUT2D eigenvalue weighted by Gasteiger charge is -2.10. The highest BCUT2D eigenvalue weighted by Gasteiger charge is 2.14. The highest BCUT2D eigenvalue weighted by molar-refractivity contribution is 6.00. The number of hydrogen-bond acceptors (Lipinski definition) is 5. The number of nitriles is 1. The molecule has 2 aromatic carbocycles. The molecule has 0 spiro atoms. The van der Waals surface area contributed by atoms with Crippen molar-refractivity contribution in [3.8, 4) is 11.8 Å². The van der Waals surface area contributed by atoms with Gasteiger partial charge in [-0.3, -0.25) is 4.79 Å². The maximum atomic E-state index is 12.1. The van der Waals surface area contributed by atoms with Gasteiger partial charge in [0.15, 0.2) is 6.61 Å². The number of carbonyl (C=O) groups is 2. The van der Waals surface area contributed by atoms with Crippen molar-refractivity contribution >= 4 is 23.6 Å². The third-order valence-corrected chi connectivity index (χ3v) is 4.46. The maximum Gasteiger partial charge on any atom is 0.349 e. The van der Waals surface area contributed by atoms with Crippen molar-refractivity contribution < 1.29 is 19.1 Å². The minimum Gasteiger partial charge on any atom is -0.497 e. The van der Waals surface area contributed by atoms with Crippen molar-refractivity contribution in [2.24, 2.45) is 0 Å². The van der Waals surface area contributed by atoms with E-state index in [2.05, 4.69) is 19.2 Å². The molecule has 0 radical (unpaired) electrons. The Balaban J connectivity index is 1.93. The molecular formula is C23H24N2O4. The molecule has 1 N–H and O–H groups in total. The summed E-state index contributed by atoms with van der Waals surface area (Å²) in [4.78, 5) is 24.2. The van der Waals surface area contributed by atoms with Gasteiger partial charge in [-0.15, -0.1) is 0 Å². The molecule has 1 atom stereocenters. The molecule has 0 saturated heterocycles. The SMILES string of the molecule is CC[C@H](C)c1ccc(NC(=O)COC(=O)/C(C#N)=C/c2cccc(OC)c2)cc1. The number of amides is 1. The molecule has 0 fully saturated rings. The molecule has 1 amide bonds. The minimum absolute atomic E-state index is 0.205. The van der Waals surface area contributed by atoms with Crippen LogP contribution in [0.25, 0.3) is 6.08 Å². The van der Waals surface area contributed by atoms with E-state index in [1.54, 1.807) is 30.3 Å². The van der Waals surface area contributed by atoms with Crippen LogP contribution < -0.4 is 10.1 Å². The number of nitrogens with one attached hydrogen (secondary N) is 1. The first-order valence-electron chi connectivity index (χ1n) is 9.29. The zero-order valence-electron chi connectivity index (χ0n) is 16.8. The first-order chi connectivity index (χ1) is 14.0. The number of benzene rings is 2. The molecule has 6 heteroatoms. The van der Waals surface area contributed by atoms with Crippen LogP contribution in [0.2, 0.25) is 0 Å². The fraction of sp³-hybridized carbons (Fsp3) is 0.261. The first-order valence-corrected chi connectivity index (χ1v) is 9.29. The van der Waals surface area contributed by atoms with Gasteiger partial charge in [0.2, 0.25) is 0 Å². The number of ether oxygens (including phenoxy) is 2. The maximum absolute atomic E-state index is 12.1. The van der Waals surface area contributed by atoms with Gasteiger partial charge in [0.25, 0.3) is 5.91 Å². The number of nitrogens with zero attached hydrogens (tertiary/aromatic N) is 1. The molecule has 0 aliphatic heterocycles. The Kier molecular flexibility index (Phi) is 7.99. The van der Waals surface area contributed by atoms with E-state index in [-0.39, 0.29) is 5.57 Å². The van der Waals surface area contributed by atoms with Crippen molar-refractivity contribution in [3.05, 3.63) is 65.2 Å². The van der Waals surface area contributed by atoms with Gasteiger partial charge < -0.3 is 14.8 Å². The fourth-order valence-electron chi connectivity index (χ4n) is 2.57. The third-order valence-electron chi connectivity index (χ3n) is 4.46. The molecule has 29 heavy (non-hydrogen) atoms. The topological polar surface area (TPSA) is 88.4 Å². The Morgan fingerprint density at radius 1 is 1.21 bits per heavy atom. The lowest BCUT2D eigenvalue weighted by Crippen LogP contribution is -2.21. The van der Waals surface area contributed by atoms with Crippen LogP contribution in [0.3, 0.4) is 0 Å². The molecular weight excluding hydrogens is 368 g/mol. The largest absolute Gasteiger partial charge is 0.497 e. The minimum atomic E-state index is -0.863. The standard InChI is InChI=1S/C23H24N2O4/c1-4-16(2)18-8-10-20(11-9-18)25-22(26)15-29-23(27)19(14-24)12-17-6-5-7-21(13-17)28-3/h5-13,16H,4,15H2,1-3H3,(H,25,26)/b19-12+/t16-/m0/s1. The van der Waals surface area contributed by atoms with Crippen LogP contribution >= 0.6 is 0 Å². The third kappa shape index (κ3) is 6.51. The number of anilines is 1. The molecule has 0 aliphatic carbocycles. The second-order valence-corrected chi connectivity index (χ2v) is 6.50. The van der Waals surface area contributed by atoms with Crippen LogP contribution in [-0.2, 0) is 14.3 Å². The van der Waals surface area contributed by atoms with Crippen LogP contribution in [0, 0.1) is 11.3 Å². The van der Waals surface area contributed by atoms with Crippen molar-refractivity contribution in [1.29, 1.82) is 5.26 Å². The van der Waals surface area contributed by atoms with Crippen LogP contribution in [-0.4, -0.2) is 25.6 Å². The highest BCUT2D eigenvalue weighted by Crippen LogP contribution is 2.20. The van der Waals surface area contributed by atoms with Gasteiger partial charge in [0.05, 0.1) is 7.11 Å². The van der Waals surface area contributed by atoms with Gasteiger partial charge >= 0.3 is 5.97 Å². The fourth-order valence-corrected chi connectivity index (χ4v) is 2.57. The van der Waals surface area contributed by atoms with Crippen molar-refractivity contribution in [2.45, 2.75) is 26.2 Å². The summed E-state index contributed by atoms with van der Waals surface area (Å²) in [6.45, 7) is 3.77. The zero-order chi connectivity index (χ0) is 21.2. The quantitative estimate of drug-likeness (QED) is 0.411. The van der Waals surface area contributed by atoms with Crippen LogP contribution in [0.1, 0.15) is 37.3 Å². The summed E-state index contributed by atoms with van der Waals surface area (Å²) in [5.41, 5.74) is 2.22. The van der Waals surface area contributed by atoms with Gasteiger partial charge in [0.1, 0.15) is 17.4 Å². The molecule has 150 valence electrons. The summed E-state index contributed by atoms with van der Waals surface area (Å²) in [6.07, 6.45) is 2.42. The Labute approximate surface area is 170 Å². The Morgan fingerprint density at radius 3 is 2.55 bits per heavy atom. The van der Waals surface area contributed by atoms with Crippen molar-refractivity contribution in [2.75, 3.05) is 19.0 Å². The van der Waals surface area contributed by atoms with Crippen LogP contribution in [0.4, 0.5) is 5.69 Å². The van der Waals surface area contributed by atoms with E-state index < -0.39 is 18.5 Å². The Morgan fingerprint density at radius 2 is 1.93 bits per heavy atom. The number of carbonyl (C=O) groups excluding carboxylic acids is 2. The van der Waals surface area contributed by atoms with Crippen molar-refractivity contribution in [1.82, 2.24) is 0 Å². The van der Waals surface area contributed by atoms with Crippen molar-refractivity contribution in [3.63, 3.8) is 0 Å². The lowest BCUT2D eigenvalue weighted by molar-refractivity contribution is -0.142. The smallest absolute Gasteiger partial charge is 0.349 e.